The van der Waals surface area contributed by atoms with Gasteiger partial charge in [-0.15, -0.1) is 12.4 Å². The molecule has 0 aromatic heterocycles. The second kappa shape index (κ2) is 4.03. The molecule has 0 aliphatic carbocycles. The maximum absolute atomic E-state index is 12.7. The van der Waals surface area contributed by atoms with Crippen molar-refractivity contribution >= 4 is 12.4 Å². The summed E-state index contributed by atoms with van der Waals surface area (Å²) >= 11 is 0. The quantitative estimate of drug-likeness (QED) is 0.740. The van der Waals surface area contributed by atoms with Gasteiger partial charge in [0.2, 0.25) is 0 Å². The Morgan fingerprint density at radius 1 is 1.15 bits per heavy atom. The van der Waals surface area contributed by atoms with Crippen LogP contribution in [0.1, 0.15) is 11.5 Å². The molecule has 1 saturated heterocycles. The first kappa shape index (κ1) is 10.4. The topological polar surface area (TPSA) is 12.0 Å². The summed E-state index contributed by atoms with van der Waals surface area (Å²) in [4.78, 5) is 0. The first-order valence-electron chi connectivity index (χ1n) is 3.93. The number of hydrogen-bond donors (Lipinski definition) is 1. The fraction of sp³-hybridized carbons (Fsp3) is 0.333. The lowest BCUT2D eigenvalue weighted by Gasteiger charge is -2.27. The molecular formula is C9H10ClF2N. The minimum Gasteiger partial charge on any atom is -0.315 e. The monoisotopic (exact) mass is 205 g/mol. The third-order valence-electron chi connectivity index (χ3n) is 2.20. The third kappa shape index (κ3) is 1.98. The van der Waals surface area contributed by atoms with Crippen LogP contribution in [0.25, 0.3) is 0 Å². The van der Waals surface area contributed by atoms with Gasteiger partial charge < -0.3 is 5.32 Å². The average Bonchev–Trinajstić information content (AvgIpc) is 1.93. The van der Waals surface area contributed by atoms with Crippen LogP contribution < -0.4 is 5.32 Å². The molecule has 0 amide bonds. The molecule has 1 nitrogen and oxygen atoms in total. The fourth-order valence-corrected chi connectivity index (χ4v) is 1.29. The van der Waals surface area contributed by atoms with Crippen molar-refractivity contribution in [2.24, 2.45) is 0 Å². The lowest BCUT2D eigenvalue weighted by molar-refractivity contribution is 0.442. The van der Waals surface area contributed by atoms with E-state index in [0.717, 1.165) is 18.7 Å². The van der Waals surface area contributed by atoms with Crippen LogP contribution in [0.3, 0.4) is 0 Å². The molecule has 2 rings (SSSR count). The smallest absolute Gasteiger partial charge is 0.159 e. The first-order chi connectivity index (χ1) is 5.77. The zero-order valence-corrected chi connectivity index (χ0v) is 7.70. The minimum absolute atomic E-state index is 0. The van der Waals surface area contributed by atoms with Gasteiger partial charge in [-0.25, -0.2) is 8.78 Å². The maximum atomic E-state index is 12.7. The molecule has 0 atom stereocenters. The van der Waals surface area contributed by atoms with Gasteiger partial charge in [-0.3, -0.25) is 0 Å². The molecule has 1 aliphatic rings. The van der Waals surface area contributed by atoms with Crippen molar-refractivity contribution in [2.45, 2.75) is 5.92 Å². The van der Waals surface area contributed by atoms with E-state index in [0.29, 0.717) is 5.92 Å². The normalized spacial score (nSPS) is 16.2. The summed E-state index contributed by atoms with van der Waals surface area (Å²) in [6.07, 6.45) is 0. The summed E-state index contributed by atoms with van der Waals surface area (Å²) < 4.78 is 25.2. The van der Waals surface area contributed by atoms with Crippen LogP contribution in [0.4, 0.5) is 8.78 Å². The van der Waals surface area contributed by atoms with Crippen molar-refractivity contribution < 1.29 is 8.78 Å². The van der Waals surface area contributed by atoms with Gasteiger partial charge in [0, 0.05) is 19.0 Å². The van der Waals surface area contributed by atoms with E-state index in [9.17, 15) is 8.78 Å². The Kier molecular flexibility index (Phi) is 3.22. The largest absolute Gasteiger partial charge is 0.315 e. The summed E-state index contributed by atoms with van der Waals surface area (Å²) in [7, 11) is 0. The van der Waals surface area contributed by atoms with Gasteiger partial charge in [0.05, 0.1) is 0 Å². The number of halogens is 3. The Bertz CT molecular complexity index is 300. The van der Waals surface area contributed by atoms with Gasteiger partial charge in [-0.05, 0) is 17.7 Å². The molecule has 0 radical (unpaired) electrons. The molecular weight excluding hydrogens is 196 g/mol. The number of hydrogen-bond acceptors (Lipinski definition) is 1. The Morgan fingerprint density at radius 3 is 2.31 bits per heavy atom. The van der Waals surface area contributed by atoms with Gasteiger partial charge >= 0.3 is 0 Å². The second-order valence-corrected chi connectivity index (χ2v) is 3.03. The van der Waals surface area contributed by atoms with E-state index in [1.165, 1.54) is 12.1 Å². The lowest BCUT2D eigenvalue weighted by atomic mass is 9.94. The van der Waals surface area contributed by atoms with E-state index in [2.05, 4.69) is 5.32 Å². The van der Waals surface area contributed by atoms with Crippen molar-refractivity contribution in [1.29, 1.82) is 0 Å². The molecule has 13 heavy (non-hydrogen) atoms. The van der Waals surface area contributed by atoms with E-state index in [1.807, 2.05) is 0 Å². The van der Waals surface area contributed by atoms with E-state index in [-0.39, 0.29) is 12.4 Å². The lowest BCUT2D eigenvalue weighted by Crippen LogP contribution is -2.39. The zero-order chi connectivity index (χ0) is 8.55. The number of benzene rings is 1. The van der Waals surface area contributed by atoms with Gasteiger partial charge in [0.1, 0.15) is 0 Å². The molecule has 0 spiro atoms. The predicted octanol–water partition coefficient (Wildman–Crippen LogP) is 2.07. The first-order valence-corrected chi connectivity index (χ1v) is 3.93. The van der Waals surface area contributed by atoms with Gasteiger partial charge in [0.15, 0.2) is 11.6 Å². The summed E-state index contributed by atoms with van der Waals surface area (Å²) in [6.45, 7) is 1.73. The van der Waals surface area contributed by atoms with Crippen LogP contribution in [-0.2, 0) is 0 Å². The van der Waals surface area contributed by atoms with Crippen LogP contribution in [0, 0.1) is 11.6 Å². The molecule has 1 aromatic carbocycles. The molecule has 0 bridgehead atoms. The van der Waals surface area contributed by atoms with Crippen molar-refractivity contribution in [3.8, 4) is 0 Å². The van der Waals surface area contributed by atoms with E-state index < -0.39 is 11.6 Å². The molecule has 1 aliphatic heterocycles. The summed E-state index contributed by atoms with van der Waals surface area (Å²) in [5.41, 5.74) is 0.882. The molecule has 1 aromatic rings. The van der Waals surface area contributed by atoms with E-state index >= 15 is 0 Å². The predicted molar refractivity (Wildman–Crippen MR) is 49.2 cm³/mol. The molecule has 0 saturated carbocycles. The fourth-order valence-electron chi connectivity index (χ4n) is 1.29. The van der Waals surface area contributed by atoms with Crippen LogP contribution in [-0.4, -0.2) is 13.1 Å². The third-order valence-corrected chi connectivity index (χ3v) is 2.20. The van der Waals surface area contributed by atoms with E-state index in [1.54, 1.807) is 6.07 Å². The highest BCUT2D eigenvalue weighted by Gasteiger charge is 2.19. The summed E-state index contributed by atoms with van der Waals surface area (Å²) in [5, 5.41) is 3.08. The SMILES string of the molecule is Cl.Fc1ccc(C2CNC2)cc1F. The van der Waals surface area contributed by atoms with Gasteiger partial charge in [-0.1, -0.05) is 6.07 Å². The maximum Gasteiger partial charge on any atom is 0.159 e. The molecule has 1 fully saturated rings. The van der Waals surface area contributed by atoms with Crippen molar-refractivity contribution in [3.63, 3.8) is 0 Å². The number of rotatable bonds is 1. The Labute approximate surface area is 81.6 Å². The highest BCUT2D eigenvalue weighted by molar-refractivity contribution is 5.85. The Hall–Kier alpha value is -0.670. The minimum atomic E-state index is -0.772. The standard InChI is InChI=1S/C9H9F2N.ClH/c10-8-2-1-6(3-9(8)11)7-4-12-5-7;/h1-3,7,12H,4-5H2;1H. The second-order valence-electron chi connectivity index (χ2n) is 3.03. The van der Waals surface area contributed by atoms with Crippen molar-refractivity contribution in [2.75, 3.05) is 13.1 Å². The summed E-state index contributed by atoms with van der Waals surface area (Å²) in [6, 6.07) is 4.10. The molecule has 1 heterocycles. The van der Waals surface area contributed by atoms with Gasteiger partial charge in [-0.2, -0.15) is 0 Å². The highest BCUT2D eigenvalue weighted by atomic mass is 35.5. The van der Waals surface area contributed by atoms with Crippen molar-refractivity contribution in [1.82, 2.24) is 5.32 Å². The highest BCUT2D eigenvalue weighted by Crippen LogP contribution is 2.21. The number of nitrogens with one attached hydrogen (secondary N) is 1. The molecule has 0 unspecified atom stereocenters. The van der Waals surface area contributed by atoms with Crippen LogP contribution >= 0.6 is 12.4 Å². The Morgan fingerprint density at radius 2 is 1.85 bits per heavy atom. The van der Waals surface area contributed by atoms with Crippen LogP contribution in [0.2, 0.25) is 0 Å². The van der Waals surface area contributed by atoms with Gasteiger partial charge in [0.25, 0.3) is 0 Å². The molecule has 4 heteroatoms. The summed E-state index contributed by atoms with van der Waals surface area (Å²) in [5.74, 6) is -1.16. The molecule has 1 N–H and O–H groups in total. The Balaban J connectivity index is 0.000000845. The van der Waals surface area contributed by atoms with Crippen molar-refractivity contribution in [3.05, 3.63) is 35.4 Å². The van der Waals surface area contributed by atoms with Crippen LogP contribution in [0.5, 0.6) is 0 Å². The van der Waals surface area contributed by atoms with Crippen LogP contribution in [0.15, 0.2) is 18.2 Å². The zero-order valence-electron chi connectivity index (χ0n) is 6.89. The average molecular weight is 206 g/mol. The molecule has 72 valence electrons. The van der Waals surface area contributed by atoms with E-state index in [4.69, 9.17) is 0 Å².